The molecule has 108 valence electrons. The number of nitrogens with two attached hydrogens (primary N) is 1. The third-order valence-corrected chi connectivity index (χ3v) is 5.23. The molecule has 0 spiro atoms. The largest absolute Gasteiger partial charge is 0.341 e. The van der Waals surface area contributed by atoms with Gasteiger partial charge in [-0.05, 0) is 30.9 Å². The molecule has 1 saturated heterocycles. The highest BCUT2D eigenvalue weighted by Crippen LogP contribution is 2.44. The molecule has 2 N–H and O–H groups in total. The number of carbonyl (C=O) groups is 1. The van der Waals surface area contributed by atoms with Crippen molar-refractivity contribution < 1.29 is 4.79 Å². The normalized spacial score (nSPS) is 28.2. The minimum Gasteiger partial charge on any atom is -0.341 e. The topological polar surface area (TPSA) is 46.3 Å². The van der Waals surface area contributed by atoms with E-state index in [1.54, 1.807) is 0 Å². The van der Waals surface area contributed by atoms with Crippen molar-refractivity contribution in [2.75, 3.05) is 19.6 Å². The van der Waals surface area contributed by atoms with Crippen LogP contribution in [-0.2, 0) is 4.79 Å². The second kappa shape index (κ2) is 5.21. The molecule has 0 radical (unpaired) electrons. The summed E-state index contributed by atoms with van der Waals surface area (Å²) in [5.41, 5.74) is 7.17. The van der Waals surface area contributed by atoms with Gasteiger partial charge in [-0.1, -0.05) is 43.7 Å². The Labute approximate surface area is 121 Å². The van der Waals surface area contributed by atoms with E-state index in [-0.39, 0.29) is 5.41 Å². The highest BCUT2D eigenvalue weighted by molar-refractivity contribution is 5.83. The molecule has 2 atom stereocenters. The summed E-state index contributed by atoms with van der Waals surface area (Å²) in [6, 6.07) is 10.5. The van der Waals surface area contributed by atoms with Crippen LogP contribution in [0.25, 0.3) is 0 Å². The number of hydrogen-bond acceptors (Lipinski definition) is 2. The summed E-state index contributed by atoms with van der Waals surface area (Å²) in [5.74, 6) is 1.14. The highest BCUT2D eigenvalue weighted by atomic mass is 16.2. The van der Waals surface area contributed by atoms with Crippen molar-refractivity contribution in [2.45, 2.75) is 32.1 Å². The number of rotatable bonds is 3. The molecule has 1 amide bonds. The zero-order chi connectivity index (χ0) is 14.2. The van der Waals surface area contributed by atoms with Crippen LogP contribution in [0.1, 0.15) is 37.7 Å². The second-order valence-corrected chi connectivity index (χ2v) is 6.64. The zero-order valence-corrected chi connectivity index (χ0v) is 12.2. The summed E-state index contributed by atoms with van der Waals surface area (Å²) in [6.07, 6.45) is 3.29. The third-order valence-electron chi connectivity index (χ3n) is 5.23. The minimum atomic E-state index is -0.0925. The van der Waals surface area contributed by atoms with Crippen molar-refractivity contribution in [2.24, 2.45) is 17.1 Å². The lowest BCUT2D eigenvalue weighted by molar-refractivity contribution is -0.145. The molecule has 2 aliphatic rings. The van der Waals surface area contributed by atoms with Gasteiger partial charge < -0.3 is 10.6 Å². The molecule has 1 saturated carbocycles. The average Bonchev–Trinajstić information content (AvgIpc) is 2.89. The number of nitrogens with zero attached hydrogens (tertiary/aromatic N) is 1. The molecule has 20 heavy (non-hydrogen) atoms. The van der Waals surface area contributed by atoms with Crippen molar-refractivity contribution in [1.82, 2.24) is 4.90 Å². The molecule has 1 heterocycles. The Morgan fingerprint density at radius 2 is 2.00 bits per heavy atom. The average molecular weight is 272 g/mol. The maximum absolute atomic E-state index is 12.7. The van der Waals surface area contributed by atoms with Crippen molar-refractivity contribution in [3.8, 4) is 0 Å². The van der Waals surface area contributed by atoms with Crippen LogP contribution >= 0.6 is 0 Å². The fraction of sp³-hybridized carbons (Fsp3) is 0.588. The van der Waals surface area contributed by atoms with Gasteiger partial charge in [0.2, 0.25) is 5.91 Å². The first-order chi connectivity index (χ1) is 9.64. The van der Waals surface area contributed by atoms with Crippen LogP contribution in [0, 0.1) is 11.3 Å². The van der Waals surface area contributed by atoms with Gasteiger partial charge in [-0.2, -0.15) is 0 Å². The third kappa shape index (κ3) is 2.24. The highest BCUT2D eigenvalue weighted by Gasteiger charge is 2.45. The Morgan fingerprint density at radius 1 is 1.30 bits per heavy atom. The number of carbonyl (C=O) groups excluding carboxylic acids is 1. The van der Waals surface area contributed by atoms with E-state index >= 15 is 0 Å². The van der Waals surface area contributed by atoms with Crippen LogP contribution in [0.3, 0.4) is 0 Å². The number of benzene rings is 1. The van der Waals surface area contributed by atoms with Crippen LogP contribution in [0.5, 0.6) is 0 Å². The van der Waals surface area contributed by atoms with Crippen LogP contribution in [0.4, 0.5) is 0 Å². The quantitative estimate of drug-likeness (QED) is 0.918. The molecule has 1 aromatic carbocycles. The first-order valence-electron chi connectivity index (χ1n) is 7.68. The lowest BCUT2D eigenvalue weighted by atomic mass is 9.69. The van der Waals surface area contributed by atoms with Crippen molar-refractivity contribution in [1.29, 1.82) is 0 Å². The maximum Gasteiger partial charge on any atom is 0.228 e. The van der Waals surface area contributed by atoms with Crippen LogP contribution in [0.15, 0.2) is 30.3 Å². The number of amides is 1. The van der Waals surface area contributed by atoms with Gasteiger partial charge in [0.15, 0.2) is 0 Å². The van der Waals surface area contributed by atoms with E-state index in [9.17, 15) is 4.79 Å². The molecule has 3 rings (SSSR count). The Kier molecular flexibility index (Phi) is 3.55. The van der Waals surface area contributed by atoms with Gasteiger partial charge in [0.25, 0.3) is 0 Å². The lowest BCUT2D eigenvalue weighted by Gasteiger charge is -2.39. The predicted molar refractivity (Wildman–Crippen MR) is 80.3 cm³/mol. The van der Waals surface area contributed by atoms with Gasteiger partial charge in [-0.3, -0.25) is 4.79 Å². The summed E-state index contributed by atoms with van der Waals surface area (Å²) in [7, 11) is 0. The summed E-state index contributed by atoms with van der Waals surface area (Å²) in [5, 5.41) is 0. The smallest absolute Gasteiger partial charge is 0.228 e. The van der Waals surface area contributed by atoms with E-state index in [0.717, 1.165) is 25.9 Å². The van der Waals surface area contributed by atoms with Crippen LogP contribution in [0.2, 0.25) is 0 Å². The monoisotopic (exact) mass is 272 g/mol. The molecule has 2 fully saturated rings. The standard InChI is InChI=1S/C17H24N2O/c1-17(8-5-9-17)16(20)19-11-14(10-18)15(12-19)13-6-3-2-4-7-13/h2-4,6-7,14-15H,5,8-12,18H2,1H3/t14-,15+/m1/s1. The maximum atomic E-state index is 12.7. The predicted octanol–water partition coefficient (Wildman–Crippen LogP) is 2.38. The number of hydrogen-bond donors (Lipinski definition) is 1. The van der Waals surface area contributed by atoms with E-state index in [1.165, 1.54) is 12.0 Å². The van der Waals surface area contributed by atoms with E-state index in [0.29, 0.717) is 24.3 Å². The molecule has 0 unspecified atom stereocenters. The van der Waals surface area contributed by atoms with E-state index < -0.39 is 0 Å². The van der Waals surface area contributed by atoms with Gasteiger partial charge in [0.1, 0.15) is 0 Å². The molecule has 3 nitrogen and oxygen atoms in total. The first kappa shape index (κ1) is 13.6. The van der Waals surface area contributed by atoms with Crippen LogP contribution in [-0.4, -0.2) is 30.4 Å². The Bertz CT molecular complexity index is 481. The molecule has 1 aliphatic carbocycles. The van der Waals surface area contributed by atoms with E-state index in [4.69, 9.17) is 5.73 Å². The summed E-state index contributed by atoms with van der Waals surface area (Å²) in [4.78, 5) is 14.7. The molecular formula is C17H24N2O. The van der Waals surface area contributed by atoms with Gasteiger partial charge in [-0.25, -0.2) is 0 Å². The summed E-state index contributed by atoms with van der Waals surface area (Å²) in [6.45, 7) is 4.43. The van der Waals surface area contributed by atoms with E-state index in [2.05, 4.69) is 36.1 Å². The van der Waals surface area contributed by atoms with Gasteiger partial charge in [0, 0.05) is 24.4 Å². The Morgan fingerprint density at radius 3 is 2.55 bits per heavy atom. The fourth-order valence-corrected chi connectivity index (χ4v) is 3.66. The molecular weight excluding hydrogens is 248 g/mol. The van der Waals surface area contributed by atoms with Crippen molar-refractivity contribution >= 4 is 5.91 Å². The van der Waals surface area contributed by atoms with Gasteiger partial charge in [0.05, 0.1) is 0 Å². The second-order valence-electron chi connectivity index (χ2n) is 6.64. The lowest BCUT2D eigenvalue weighted by Crippen LogP contribution is -2.45. The summed E-state index contributed by atoms with van der Waals surface area (Å²) < 4.78 is 0. The molecule has 0 aromatic heterocycles. The van der Waals surface area contributed by atoms with E-state index in [1.807, 2.05) is 6.07 Å². The summed E-state index contributed by atoms with van der Waals surface area (Å²) >= 11 is 0. The molecule has 1 aliphatic heterocycles. The molecule has 0 bridgehead atoms. The molecule has 3 heteroatoms. The van der Waals surface area contributed by atoms with Crippen molar-refractivity contribution in [3.05, 3.63) is 35.9 Å². The SMILES string of the molecule is CC1(C(=O)N2C[C@@H](CN)[C@H](c3ccccc3)C2)CCC1. The molecule has 1 aromatic rings. The van der Waals surface area contributed by atoms with Crippen LogP contribution < -0.4 is 5.73 Å². The van der Waals surface area contributed by atoms with Crippen molar-refractivity contribution in [3.63, 3.8) is 0 Å². The number of likely N-dealkylation sites (tertiary alicyclic amines) is 1. The van der Waals surface area contributed by atoms with Gasteiger partial charge >= 0.3 is 0 Å². The zero-order valence-electron chi connectivity index (χ0n) is 12.2. The Hall–Kier alpha value is -1.35. The minimum absolute atomic E-state index is 0.0925. The van der Waals surface area contributed by atoms with Gasteiger partial charge in [-0.15, -0.1) is 0 Å². The fourth-order valence-electron chi connectivity index (χ4n) is 3.66. The Balaban J connectivity index is 1.76. The first-order valence-corrected chi connectivity index (χ1v) is 7.68.